The van der Waals surface area contributed by atoms with Crippen molar-refractivity contribution in [2.24, 2.45) is 0 Å². The number of aliphatic hydroxyl groups excluding tert-OH is 1. The molecule has 1 aliphatic rings. The van der Waals surface area contributed by atoms with Crippen molar-refractivity contribution in [3.8, 4) is 11.5 Å². The lowest BCUT2D eigenvalue weighted by Gasteiger charge is -2.27. The standard InChI is InChI=1S/C19H32O3Si/c1-6-7-10-23(4,5)16-12-17(21-2)19(18(13-16)22-3)14-8-9-15(20)11-14/h12-15,20H,6-11H2,1-5H3. The summed E-state index contributed by atoms with van der Waals surface area (Å²) < 4.78 is 11.5. The minimum Gasteiger partial charge on any atom is -0.496 e. The van der Waals surface area contributed by atoms with Crippen LogP contribution in [0.25, 0.3) is 0 Å². The molecule has 0 amide bonds. The SMILES string of the molecule is CCCC[Si](C)(C)c1cc(OC)c(C2CCC(O)C2)c(OC)c1. The molecule has 0 aliphatic heterocycles. The van der Waals surface area contributed by atoms with Gasteiger partial charge in [-0.25, -0.2) is 0 Å². The summed E-state index contributed by atoms with van der Waals surface area (Å²) >= 11 is 0. The molecule has 1 N–H and O–H groups in total. The number of hydrogen-bond acceptors (Lipinski definition) is 3. The van der Waals surface area contributed by atoms with E-state index < -0.39 is 8.07 Å². The number of aliphatic hydroxyl groups is 1. The summed E-state index contributed by atoms with van der Waals surface area (Å²) in [5.41, 5.74) is 1.15. The third-order valence-electron chi connectivity index (χ3n) is 5.29. The van der Waals surface area contributed by atoms with Gasteiger partial charge in [-0.3, -0.25) is 0 Å². The summed E-state index contributed by atoms with van der Waals surface area (Å²) in [4.78, 5) is 0. The van der Waals surface area contributed by atoms with Gasteiger partial charge in [0.2, 0.25) is 0 Å². The van der Waals surface area contributed by atoms with Crippen LogP contribution in [0.2, 0.25) is 19.1 Å². The van der Waals surface area contributed by atoms with Crippen LogP contribution in [0.5, 0.6) is 11.5 Å². The lowest BCUT2D eigenvalue weighted by atomic mass is 9.95. The molecule has 23 heavy (non-hydrogen) atoms. The summed E-state index contributed by atoms with van der Waals surface area (Å²) in [7, 11) is 2.01. The summed E-state index contributed by atoms with van der Waals surface area (Å²) in [5.74, 6) is 2.22. The Hall–Kier alpha value is -1.00. The Bertz CT molecular complexity index is 502. The Balaban J connectivity index is 2.41. The van der Waals surface area contributed by atoms with Crippen molar-refractivity contribution >= 4 is 13.3 Å². The van der Waals surface area contributed by atoms with Gasteiger partial charge in [0.05, 0.1) is 28.4 Å². The van der Waals surface area contributed by atoms with Crippen molar-refractivity contribution in [3.63, 3.8) is 0 Å². The number of methoxy groups -OCH3 is 2. The average Bonchev–Trinajstić information content (AvgIpc) is 2.97. The molecule has 0 radical (unpaired) electrons. The van der Waals surface area contributed by atoms with Crippen molar-refractivity contribution < 1.29 is 14.6 Å². The van der Waals surface area contributed by atoms with Crippen LogP contribution in [0.1, 0.15) is 50.5 Å². The molecule has 2 unspecified atom stereocenters. The van der Waals surface area contributed by atoms with Crippen LogP contribution in [0.4, 0.5) is 0 Å². The molecule has 1 aromatic rings. The highest BCUT2D eigenvalue weighted by Gasteiger charge is 2.32. The molecule has 0 bridgehead atoms. The van der Waals surface area contributed by atoms with E-state index in [2.05, 4.69) is 32.2 Å². The van der Waals surface area contributed by atoms with Crippen LogP contribution in [0.15, 0.2) is 12.1 Å². The Morgan fingerprint density at radius 1 is 1.13 bits per heavy atom. The highest BCUT2D eigenvalue weighted by molar-refractivity contribution is 6.89. The van der Waals surface area contributed by atoms with E-state index in [9.17, 15) is 5.11 Å². The summed E-state index contributed by atoms with van der Waals surface area (Å²) in [6, 6.07) is 5.77. The number of benzene rings is 1. The van der Waals surface area contributed by atoms with E-state index in [0.717, 1.165) is 36.3 Å². The predicted octanol–water partition coefficient (Wildman–Crippen LogP) is 4.05. The second-order valence-corrected chi connectivity index (χ2v) is 12.3. The molecular formula is C19H32O3Si. The van der Waals surface area contributed by atoms with E-state index >= 15 is 0 Å². The van der Waals surface area contributed by atoms with Gasteiger partial charge < -0.3 is 14.6 Å². The molecule has 0 saturated heterocycles. The molecule has 4 heteroatoms. The smallest absolute Gasteiger partial charge is 0.125 e. The fraction of sp³-hybridized carbons (Fsp3) is 0.684. The summed E-state index contributed by atoms with van der Waals surface area (Å²) in [6.07, 6.45) is 5.01. The molecule has 1 fully saturated rings. The van der Waals surface area contributed by atoms with Crippen LogP contribution in [-0.2, 0) is 0 Å². The minimum atomic E-state index is -1.48. The highest BCUT2D eigenvalue weighted by atomic mass is 28.3. The number of unbranched alkanes of at least 4 members (excludes halogenated alkanes) is 1. The molecule has 0 spiro atoms. The molecule has 130 valence electrons. The lowest BCUT2D eigenvalue weighted by Crippen LogP contribution is -2.41. The molecule has 2 rings (SSSR count). The zero-order valence-electron chi connectivity index (χ0n) is 15.3. The van der Waals surface area contributed by atoms with E-state index in [-0.39, 0.29) is 6.10 Å². The normalized spacial score (nSPS) is 21.5. The Labute approximate surface area is 142 Å². The summed E-state index contributed by atoms with van der Waals surface area (Å²) in [6.45, 7) is 7.10. The molecule has 3 nitrogen and oxygen atoms in total. The van der Waals surface area contributed by atoms with Crippen LogP contribution < -0.4 is 14.7 Å². The first-order valence-corrected chi connectivity index (χ1v) is 12.1. The van der Waals surface area contributed by atoms with Gasteiger partial charge in [0.15, 0.2) is 0 Å². The lowest BCUT2D eigenvalue weighted by molar-refractivity contribution is 0.181. The Morgan fingerprint density at radius 2 is 1.74 bits per heavy atom. The van der Waals surface area contributed by atoms with Crippen molar-refractivity contribution in [3.05, 3.63) is 17.7 Å². The van der Waals surface area contributed by atoms with Gasteiger partial charge in [-0.05, 0) is 37.3 Å². The fourth-order valence-corrected chi connectivity index (χ4v) is 6.28. The van der Waals surface area contributed by atoms with Gasteiger partial charge in [0.1, 0.15) is 11.5 Å². The van der Waals surface area contributed by atoms with Crippen molar-refractivity contribution in [2.45, 2.75) is 70.2 Å². The minimum absolute atomic E-state index is 0.190. The number of hydrogen-bond donors (Lipinski definition) is 1. The van der Waals surface area contributed by atoms with E-state index in [1.165, 1.54) is 24.1 Å². The third-order valence-corrected chi connectivity index (χ3v) is 8.75. The maximum Gasteiger partial charge on any atom is 0.125 e. The largest absolute Gasteiger partial charge is 0.496 e. The predicted molar refractivity (Wildman–Crippen MR) is 99.0 cm³/mol. The molecule has 1 aromatic carbocycles. The first kappa shape index (κ1) is 18.3. The van der Waals surface area contributed by atoms with Gasteiger partial charge in [-0.1, -0.05) is 44.1 Å². The molecule has 1 aliphatic carbocycles. The van der Waals surface area contributed by atoms with E-state index in [1.54, 1.807) is 14.2 Å². The van der Waals surface area contributed by atoms with Crippen molar-refractivity contribution in [1.29, 1.82) is 0 Å². The number of rotatable bonds is 7. The fourth-order valence-electron chi connectivity index (χ4n) is 3.71. The van der Waals surface area contributed by atoms with E-state index in [1.807, 2.05) is 0 Å². The van der Waals surface area contributed by atoms with E-state index in [0.29, 0.717) is 5.92 Å². The van der Waals surface area contributed by atoms with Crippen molar-refractivity contribution in [2.75, 3.05) is 14.2 Å². The van der Waals surface area contributed by atoms with Gasteiger partial charge in [-0.2, -0.15) is 0 Å². The van der Waals surface area contributed by atoms with Gasteiger partial charge >= 0.3 is 0 Å². The maximum atomic E-state index is 9.89. The Morgan fingerprint density at radius 3 is 2.17 bits per heavy atom. The van der Waals surface area contributed by atoms with Crippen LogP contribution >= 0.6 is 0 Å². The molecule has 1 saturated carbocycles. The number of ether oxygens (including phenoxy) is 2. The molecular weight excluding hydrogens is 304 g/mol. The summed E-state index contributed by atoms with van der Waals surface area (Å²) in [5, 5.41) is 11.3. The van der Waals surface area contributed by atoms with Gasteiger partial charge in [0.25, 0.3) is 0 Å². The zero-order chi connectivity index (χ0) is 17.0. The topological polar surface area (TPSA) is 38.7 Å². The molecule has 0 heterocycles. The molecule has 0 aromatic heterocycles. The first-order valence-electron chi connectivity index (χ1n) is 8.87. The van der Waals surface area contributed by atoms with Crippen LogP contribution in [0.3, 0.4) is 0 Å². The Kier molecular flexibility index (Phi) is 6.15. The van der Waals surface area contributed by atoms with Gasteiger partial charge in [0, 0.05) is 5.56 Å². The second kappa shape index (κ2) is 7.71. The van der Waals surface area contributed by atoms with Crippen molar-refractivity contribution in [1.82, 2.24) is 0 Å². The van der Waals surface area contributed by atoms with Crippen LogP contribution in [-0.4, -0.2) is 33.5 Å². The zero-order valence-corrected chi connectivity index (χ0v) is 16.3. The maximum absolute atomic E-state index is 9.89. The molecule has 2 atom stereocenters. The van der Waals surface area contributed by atoms with Gasteiger partial charge in [-0.15, -0.1) is 0 Å². The third kappa shape index (κ3) is 4.10. The first-order chi connectivity index (χ1) is 10.9. The average molecular weight is 337 g/mol. The van der Waals surface area contributed by atoms with Crippen LogP contribution in [0, 0.1) is 0 Å². The monoisotopic (exact) mass is 336 g/mol. The highest BCUT2D eigenvalue weighted by Crippen LogP contribution is 2.43. The quantitative estimate of drug-likeness (QED) is 0.764. The van der Waals surface area contributed by atoms with E-state index in [4.69, 9.17) is 9.47 Å². The second-order valence-electron chi connectivity index (χ2n) is 7.45.